The first-order chi connectivity index (χ1) is 9.69. The van der Waals surface area contributed by atoms with Gasteiger partial charge < -0.3 is 9.64 Å². The van der Waals surface area contributed by atoms with Gasteiger partial charge in [-0.3, -0.25) is 4.79 Å². The van der Waals surface area contributed by atoms with Gasteiger partial charge in [0.1, 0.15) is 11.4 Å². The molecule has 1 saturated heterocycles. The lowest BCUT2D eigenvalue weighted by Gasteiger charge is -2.38. The summed E-state index contributed by atoms with van der Waals surface area (Å²) in [4.78, 5) is 25.4. The molecule has 0 aromatic heterocycles. The van der Waals surface area contributed by atoms with Gasteiger partial charge >= 0.3 is 6.09 Å². The number of halogens is 2. The number of rotatable bonds is 2. The number of likely N-dealkylation sites (tertiary alicyclic amines) is 1. The Hall–Kier alpha value is -1.43. The average molecular weight is 358 g/mol. The van der Waals surface area contributed by atoms with Gasteiger partial charge in [-0.2, -0.15) is 0 Å². The van der Waals surface area contributed by atoms with Crippen molar-refractivity contribution in [3.8, 4) is 0 Å². The van der Waals surface area contributed by atoms with E-state index in [4.69, 9.17) is 4.74 Å². The Labute approximate surface area is 131 Å². The van der Waals surface area contributed by atoms with E-state index in [1.165, 1.54) is 11.0 Å². The predicted molar refractivity (Wildman–Crippen MR) is 79.7 cm³/mol. The maximum Gasteiger partial charge on any atom is 0.410 e. The first kappa shape index (κ1) is 15.9. The molecule has 114 valence electrons. The van der Waals surface area contributed by atoms with Crippen LogP contribution in [-0.4, -0.2) is 35.5 Å². The summed E-state index contributed by atoms with van der Waals surface area (Å²) in [5.74, 6) is -1.21. The van der Waals surface area contributed by atoms with Crippen LogP contribution in [0.15, 0.2) is 22.7 Å². The first-order valence-electron chi connectivity index (χ1n) is 6.65. The van der Waals surface area contributed by atoms with Gasteiger partial charge in [-0.05, 0) is 48.8 Å². The fourth-order valence-corrected chi connectivity index (χ4v) is 2.40. The smallest absolute Gasteiger partial charge is 0.410 e. The number of Topliss-reactive ketones (excluding diaryl/α,β-unsaturated/α-hetero) is 1. The molecule has 4 nitrogen and oxygen atoms in total. The van der Waals surface area contributed by atoms with Crippen LogP contribution in [0.5, 0.6) is 0 Å². The molecule has 0 spiro atoms. The van der Waals surface area contributed by atoms with E-state index in [2.05, 4.69) is 15.9 Å². The molecule has 0 saturated carbocycles. The highest BCUT2D eigenvalue weighted by Crippen LogP contribution is 2.26. The van der Waals surface area contributed by atoms with E-state index in [0.717, 1.165) is 0 Å². The zero-order chi connectivity index (χ0) is 15.8. The van der Waals surface area contributed by atoms with Gasteiger partial charge in [0.25, 0.3) is 0 Å². The molecule has 0 radical (unpaired) electrons. The van der Waals surface area contributed by atoms with Crippen molar-refractivity contribution >= 4 is 27.8 Å². The van der Waals surface area contributed by atoms with Crippen molar-refractivity contribution in [3.63, 3.8) is 0 Å². The number of ether oxygens (including phenoxy) is 1. The molecule has 1 aliphatic heterocycles. The van der Waals surface area contributed by atoms with Crippen LogP contribution in [0.1, 0.15) is 31.1 Å². The summed E-state index contributed by atoms with van der Waals surface area (Å²) in [7, 11) is 0. The molecule has 0 atom stereocenters. The number of carbonyl (C=O) groups is 2. The zero-order valence-corrected chi connectivity index (χ0v) is 13.7. The van der Waals surface area contributed by atoms with Crippen LogP contribution in [0.4, 0.5) is 9.18 Å². The molecule has 0 unspecified atom stereocenters. The molecule has 1 amide bonds. The number of carbonyl (C=O) groups excluding carboxylic acids is 2. The topological polar surface area (TPSA) is 46.6 Å². The van der Waals surface area contributed by atoms with Crippen molar-refractivity contribution in [1.29, 1.82) is 0 Å². The highest BCUT2D eigenvalue weighted by molar-refractivity contribution is 9.10. The van der Waals surface area contributed by atoms with Crippen molar-refractivity contribution in [1.82, 2.24) is 4.90 Å². The van der Waals surface area contributed by atoms with Crippen molar-refractivity contribution in [3.05, 3.63) is 34.1 Å². The molecule has 1 aromatic carbocycles. The summed E-state index contributed by atoms with van der Waals surface area (Å²) in [6.07, 6.45) is -0.443. The fourth-order valence-electron chi connectivity index (χ4n) is 2.03. The molecule has 0 bridgehead atoms. The van der Waals surface area contributed by atoms with Crippen LogP contribution in [0.2, 0.25) is 0 Å². The second-order valence-corrected chi connectivity index (χ2v) is 6.90. The third-order valence-electron chi connectivity index (χ3n) is 3.12. The Morgan fingerprint density at radius 3 is 2.52 bits per heavy atom. The lowest BCUT2D eigenvalue weighted by atomic mass is 9.91. The van der Waals surface area contributed by atoms with Crippen molar-refractivity contribution in [2.45, 2.75) is 26.4 Å². The molecular formula is C15H17BrFNO3. The van der Waals surface area contributed by atoms with Gasteiger partial charge in [0.15, 0.2) is 5.78 Å². The van der Waals surface area contributed by atoms with Crippen molar-refractivity contribution in [2.75, 3.05) is 13.1 Å². The minimum absolute atomic E-state index is 0.0539. The van der Waals surface area contributed by atoms with E-state index in [-0.39, 0.29) is 34.8 Å². The third-order valence-corrected chi connectivity index (χ3v) is 3.73. The number of amides is 1. The minimum Gasteiger partial charge on any atom is -0.444 e. The molecule has 1 fully saturated rings. The normalized spacial score (nSPS) is 15.6. The standard InChI is InChI=1S/C15H17BrFNO3/c1-15(2,3)21-14(20)18-7-9(8-18)13(19)10-5-4-6-11(16)12(10)17/h4-6,9H,7-8H2,1-3H3. The van der Waals surface area contributed by atoms with Gasteiger partial charge in [0.05, 0.1) is 16.0 Å². The van der Waals surface area contributed by atoms with Crippen LogP contribution in [-0.2, 0) is 4.74 Å². The van der Waals surface area contributed by atoms with Gasteiger partial charge in [0, 0.05) is 13.1 Å². The lowest BCUT2D eigenvalue weighted by Crippen LogP contribution is -2.54. The van der Waals surface area contributed by atoms with E-state index < -0.39 is 17.5 Å². The number of nitrogens with zero attached hydrogens (tertiary/aromatic N) is 1. The molecule has 0 aliphatic carbocycles. The highest BCUT2D eigenvalue weighted by atomic mass is 79.9. The zero-order valence-electron chi connectivity index (χ0n) is 12.2. The van der Waals surface area contributed by atoms with Crippen molar-refractivity contribution < 1.29 is 18.7 Å². The number of hydrogen-bond acceptors (Lipinski definition) is 3. The van der Waals surface area contributed by atoms with E-state index in [1.54, 1.807) is 32.9 Å². The summed E-state index contributed by atoms with van der Waals surface area (Å²) < 4.78 is 19.4. The van der Waals surface area contributed by atoms with E-state index in [0.29, 0.717) is 0 Å². The molecule has 21 heavy (non-hydrogen) atoms. The summed E-state index contributed by atoms with van der Waals surface area (Å²) in [6.45, 7) is 5.87. The summed E-state index contributed by atoms with van der Waals surface area (Å²) in [5, 5.41) is 0. The predicted octanol–water partition coefficient (Wildman–Crippen LogP) is 3.64. The molecular weight excluding hydrogens is 341 g/mol. The van der Waals surface area contributed by atoms with E-state index in [1.807, 2.05) is 0 Å². The van der Waals surface area contributed by atoms with Crippen LogP contribution in [0, 0.1) is 11.7 Å². The SMILES string of the molecule is CC(C)(C)OC(=O)N1CC(C(=O)c2cccc(Br)c2F)C1. The second kappa shape index (κ2) is 5.75. The number of hydrogen-bond donors (Lipinski definition) is 0. The minimum atomic E-state index is -0.567. The Morgan fingerprint density at radius 1 is 1.33 bits per heavy atom. The molecule has 0 N–H and O–H groups in total. The molecule has 2 rings (SSSR count). The van der Waals surface area contributed by atoms with E-state index in [9.17, 15) is 14.0 Å². The summed E-state index contributed by atoms with van der Waals surface area (Å²) >= 11 is 3.06. The van der Waals surface area contributed by atoms with Crippen LogP contribution in [0.25, 0.3) is 0 Å². The Morgan fingerprint density at radius 2 is 1.95 bits per heavy atom. The van der Waals surface area contributed by atoms with Gasteiger partial charge in [-0.1, -0.05) is 6.07 Å². The second-order valence-electron chi connectivity index (χ2n) is 6.05. The number of ketones is 1. The first-order valence-corrected chi connectivity index (χ1v) is 7.44. The molecule has 1 aliphatic rings. The maximum atomic E-state index is 13.9. The Kier molecular flexibility index (Phi) is 4.37. The Bertz CT molecular complexity index is 577. The highest BCUT2D eigenvalue weighted by Gasteiger charge is 2.38. The van der Waals surface area contributed by atoms with E-state index >= 15 is 0 Å². The van der Waals surface area contributed by atoms with Crippen LogP contribution < -0.4 is 0 Å². The largest absolute Gasteiger partial charge is 0.444 e. The maximum absolute atomic E-state index is 13.9. The van der Waals surface area contributed by atoms with Crippen LogP contribution >= 0.6 is 15.9 Å². The van der Waals surface area contributed by atoms with Crippen molar-refractivity contribution in [2.24, 2.45) is 5.92 Å². The van der Waals surface area contributed by atoms with Gasteiger partial charge in [0.2, 0.25) is 0 Å². The van der Waals surface area contributed by atoms with Gasteiger partial charge in [-0.25, -0.2) is 9.18 Å². The summed E-state index contributed by atoms with van der Waals surface area (Å²) in [5.41, 5.74) is -0.513. The molecule has 1 heterocycles. The van der Waals surface area contributed by atoms with Crippen LogP contribution in [0.3, 0.4) is 0 Å². The number of benzene rings is 1. The average Bonchev–Trinajstić information content (AvgIpc) is 2.28. The Balaban J connectivity index is 1.97. The quantitative estimate of drug-likeness (QED) is 0.759. The lowest BCUT2D eigenvalue weighted by molar-refractivity contribution is 0.00144. The van der Waals surface area contributed by atoms with Gasteiger partial charge in [-0.15, -0.1) is 0 Å². The molecule has 6 heteroatoms. The fraction of sp³-hybridized carbons (Fsp3) is 0.467. The monoisotopic (exact) mass is 357 g/mol. The summed E-state index contributed by atoms with van der Waals surface area (Å²) in [6, 6.07) is 4.61. The third kappa shape index (κ3) is 3.61. The molecule has 1 aromatic rings.